The zero-order chi connectivity index (χ0) is 7.56. The van der Waals surface area contributed by atoms with Gasteiger partial charge in [-0.2, -0.15) is 0 Å². The molecule has 0 spiro atoms. The molecule has 0 saturated carbocycles. The second-order valence-electron chi connectivity index (χ2n) is 1.93. The van der Waals surface area contributed by atoms with E-state index >= 15 is 0 Å². The zero-order valence-electron chi connectivity index (χ0n) is 5.15. The average Bonchev–Trinajstić information content (AvgIpc) is 1.88. The van der Waals surface area contributed by atoms with E-state index in [-0.39, 0.29) is 5.71 Å². The molecule has 1 N–H and O–H groups in total. The smallest absolute Gasteiger partial charge is 0.272 e. The third-order valence-electron chi connectivity index (χ3n) is 1.23. The van der Waals surface area contributed by atoms with Gasteiger partial charge in [-0.25, -0.2) is 0 Å². The summed E-state index contributed by atoms with van der Waals surface area (Å²) < 4.78 is 0. The lowest BCUT2D eigenvalue weighted by molar-refractivity contribution is -0.490. The Morgan fingerprint density at radius 1 is 1.60 bits per heavy atom. The Morgan fingerprint density at radius 3 is 2.70 bits per heavy atom. The second kappa shape index (κ2) is 2.43. The number of rotatable bonds is 1. The molecule has 0 aromatic carbocycles. The highest BCUT2D eigenvalue weighted by molar-refractivity contribution is 5.98. The van der Waals surface area contributed by atoms with Crippen molar-refractivity contribution in [2.75, 3.05) is 0 Å². The molecule has 1 aliphatic carbocycles. The molecule has 0 amide bonds. The quantitative estimate of drug-likeness (QED) is 0.429. The molecule has 1 aliphatic rings. The minimum Gasteiger partial charge on any atom is -0.298 e. The maximum absolute atomic E-state index is 10.1. The van der Waals surface area contributed by atoms with Gasteiger partial charge in [0.15, 0.2) is 0 Å². The molecule has 0 radical (unpaired) electrons. The van der Waals surface area contributed by atoms with Crippen molar-refractivity contribution in [2.24, 2.45) is 0 Å². The lowest BCUT2D eigenvalue weighted by Gasteiger charge is -2.04. The van der Waals surface area contributed by atoms with Gasteiger partial charge in [0.1, 0.15) is 5.71 Å². The first kappa shape index (κ1) is 6.67. The number of allylic oxidation sites excluding steroid dienone is 2. The molecule has 0 fully saturated rings. The molecular weight excluding hydrogens is 132 g/mol. The van der Waals surface area contributed by atoms with Crippen LogP contribution in [0.15, 0.2) is 24.3 Å². The van der Waals surface area contributed by atoms with Crippen LogP contribution in [0.4, 0.5) is 0 Å². The van der Waals surface area contributed by atoms with E-state index in [1.54, 1.807) is 12.2 Å². The molecular formula is C6H6N2O2. The van der Waals surface area contributed by atoms with E-state index in [1.165, 1.54) is 12.2 Å². The Labute approximate surface area is 57.5 Å². The maximum Gasteiger partial charge on any atom is 0.272 e. The number of nitrogens with zero attached hydrogens (tertiary/aromatic N) is 1. The van der Waals surface area contributed by atoms with Crippen LogP contribution in [0.3, 0.4) is 0 Å². The van der Waals surface area contributed by atoms with Gasteiger partial charge in [-0.3, -0.25) is 15.5 Å². The highest BCUT2D eigenvalue weighted by atomic mass is 16.6. The molecule has 0 heterocycles. The number of hydrogen-bond donors (Lipinski definition) is 1. The van der Waals surface area contributed by atoms with Crippen LogP contribution in [0, 0.1) is 15.5 Å². The van der Waals surface area contributed by atoms with Crippen LogP contribution in [0.2, 0.25) is 0 Å². The van der Waals surface area contributed by atoms with Crippen molar-refractivity contribution in [3.05, 3.63) is 34.4 Å². The summed E-state index contributed by atoms with van der Waals surface area (Å²) >= 11 is 0. The van der Waals surface area contributed by atoms with Gasteiger partial charge < -0.3 is 0 Å². The molecule has 0 aliphatic heterocycles. The van der Waals surface area contributed by atoms with Crippen LogP contribution < -0.4 is 0 Å². The first-order valence-corrected chi connectivity index (χ1v) is 2.78. The van der Waals surface area contributed by atoms with Gasteiger partial charge in [0.2, 0.25) is 0 Å². The Hall–Kier alpha value is -1.45. The van der Waals surface area contributed by atoms with Crippen molar-refractivity contribution in [3.8, 4) is 0 Å². The predicted octanol–water partition coefficient (Wildman–Crippen LogP) is 0.777. The summed E-state index contributed by atoms with van der Waals surface area (Å²) in [6, 6.07) is -0.940. The van der Waals surface area contributed by atoms with Gasteiger partial charge in [0.05, 0.1) is 0 Å². The molecule has 1 atom stereocenters. The molecule has 10 heavy (non-hydrogen) atoms. The van der Waals surface area contributed by atoms with Crippen molar-refractivity contribution in [1.29, 1.82) is 5.41 Å². The fourth-order valence-electron chi connectivity index (χ4n) is 0.715. The fraction of sp³-hybridized carbons (Fsp3) is 0.167. The number of nitro groups is 1. The van der Waals surface area contributed by atoms with E-state index in [2.05, 4.69) is 0 Å². The lowest BCUT2D eigenvalue weighted by atomic mass is 10.1. The summed E-state index contributed by atoms with van der Waals surface area (Å²) in [7, 11) is 0. The standard InChI is InChI=1S/C6H6N2O2/c7-5-3-1-2-4-6(5)8(9)10/h1-4,6-7H. The highest BCUT2D eigenvalue weighted by Gasteiger charge is 2.21. The molecule has 0 aromatic rings. The van der Waals surface area contributed by atoms with Crippen LogP contribution in [0.25, 0.3) is 0 Å². The van der Waals surface area contributed by atoms with Gasteiger partial charge in [-0.15, -0.1) is 0 Å². The van der Waals surface area contributed by atoms with Gasteiger partial charge in [-0.1, -0.05) is 12.2 Å². The Morgan fingerprint density at radius 2 is 2.30 bits per heavy atom. The van der Waals surface area contributed by atoms with Crippen molar-refractivity contribution >= 4 is 5.71 Å². The third-order valence-corrected chi connectivity index (χ3v) is 1.23. The summed E-state index contributed by atoms with van der Waals surface area (Å²) in [5, 5.41) is 17.2. The molecule has 4 nitrogen and oxygen atoms in total. The largest absolute Gasteiger partial charge is 0.298 e. The third kappa shape index (κ3) is 1.10. The summed E-state index contributed by atoms with van der Waals surface area (Å²) in [6.45, 7) is 0. The van der Waals surface area contributed by atoms with E-state index < -0.39 is 11.0 Å². The molecule has 1 rings (SSSR count). The summed E-state index contributed by atoms with van der Waals surface area (Å²) in [6.07, 6.45) is 6.00. The first-order chi connectivity index (χ1) is 4.72. The molecule has 1 unspecified atom stereocenters. The Balaban J connectivity index is 2.80. The van der Waals surface area contributed by atoms with Crippen LogP contribution in [0.1, 0.15) is 0 Å². The highest BCUT2D eigenvalue weighted by Crippen LogP contribution is 2.02. The van der Waals surface area contributed by atoms with Crippen LogP contribution >= 0.6 is 0 Å². The van der Waals surface area contributed by atoms with E-state index in [1.807, 2.05) is 0 Å². The maximum atomic E-state index is 10.1. The normalized spacial score (nSPS) is 23.2. The Kier molecular flexibility index (Phi) is 1.62. The first-order valence-electron chi connectivity index (χ1n) is 2.78. The van der Waals surface area contributed by atoms with Crippen LogP contribution in [-0.4, -0.2) is 16.7 Å². The topological polar surface area (TPSA) is 67.0 Å². The summed E-state index contributed by atoms with van der Waals surface area (Å²) in [4.78, 5) is 9.66. The summed E-state index contributed by atoms with van der Waals surface area (Å²) in [5.41, 5.74) is 0.0347. The van der Waals surface area contributed by atoms with E-state index in [0.717, 1.165) is 0 Å². The van der Waals surface area contributed by atoms with E-state index in [0.29, 0.717) is 0 Å². The van der Waals surface area contributed by atoms with Gasteiger partial charge in [0.25, 0.3) is 6.04 Å². The molecule has 0 bridgehead atoms. The SMILES string of the molecule is N=C1C=CC=CC1[N+](=O)[O-]. The predicted molar refractivity (Wildman–Crippen MR) is 36.8 cm³/mol. The number of nitrogens with one attached hydrogen (secondary N) is 1. The molecule has 4 heteroatoms. The Bertz CT molecular complexity index is 230. The zero-order valence-corrected chi connectivity index (χ0v) is 5.15. The van der Waals surface area contributed by atoms with Crippen LogP contribution in [0.5, 0.6) is 0 Å². The monoisotopic (exact) mass is 138 g/mol. The van der Waals surface area contributed by atoms with Gasteiger partial charge >= 0.3 is 0 Å². The van der Waals surface area contributed by atoms with Crippen molar-refractivity contribution < 1.29 is 4.92 Å². The lowest BCUT2D eigenvalue weighted by Crippen LogP contribution is -2.26. The minimum atomic E-state index is -0.940. The van der Waals surface area contributed by atoms with Gasteiger partial charge in [0, 0.05) is 4.92 Å². The number of hydrogen-bond acceptors (Lipinski definition) is 3. The minimum absolute atomic E-state index is 0.0347. The van der Waals surface area contributed by atoms with E-state index in [4.69, 9.17) is 5.41 Å². The average molecular weight is 138 g/mol. The van der Waals surface area contributed by atoms with Crippen LogP contribution in [-0.2, 0) is 0 Å². The summed E-state index contributed by atoms with van der Waals surface area (Å²) in [5.74, 6) is 0. The van der Waals surface area contributed by atoms with E-state index in [9.17, 15) is 10.1 Å². The van der Waals surface area contributed by atoms with Crippen molar-refractivity contribution in [3.63, 3.8) is 0 Å². The molecule has 52 valence electrons. The van der Waals surface area contributed by atoms with Gasteiger partial charge in [-0.05, 0) is 12.2 Å². The molecule has 0 saturated heterocycles. The van der Waals surface area contributed by atoms with Crippen molar-refractivity contribution in [1.82, 2.24) is 0 Å². The second-order valence-corrected chi connectivity index (χ2v) is 1.93. The fourth-order valence-corrected chi connectivity index (χ4v) is 0.715. The molecule has 0 aromatic heterocycles. The van der Waals surface area contributed by atoms with Crippen molar-refractivity contribution in [2.45, 2.75) is 6.04 Å².